The zero-order valence-electron chi connectivity index (χ0n) is 16.5. The molecule has 0 unspecified atom stereocenters. The highest BCUT2D eigenvalue weighted by molar-refractivity contribution is 6.31. The van der Waals surface area contributed by atoms with E-state index in [0.29, 0.717) is 29.4 Å². The van der Waals surface area contributed by atoms with Gasteiger partial charge in [0.1, 0.15) is 11.5 Å². The van der Waals surface area contributed by atoms with E-state index >= 15 is 0 Å². The topological polar surface area (TPSA) is 66.4 Å². The van der Waals surface area contributed by atoms with E-state index in [4.69, 9.17) is 16.3 Å². The van der Waals surface area contributed by atoms with Gasteiger partial charge in [0.25, 0.3) is 0 Å². The second-order valence-electron chi connectivity index (χ2n) is 7.59. The highest BCUT2D eigenvalue weighted by atomic mass is 35.5. The Kier molecular flexibility index (Phi) is 6.07. The van der Waals surface area contributed by atoms with Gasteiger partial charge in [-0.25, -0.2) is 0 Å². The molecule has 1 heterocycles. The van der Waals surface area contributed by atoms with Gasteiger partial charge in [0, 0.05) is 52.6 Å². The first-order valence-corrected chi connectivity index (χ1v) is 10.4. The molecule has 0 radical (unpaired) electrons. The Labute approximate surface area is 176 Å². The number of pyridine rings is 1. The number of fused-ring (bicyclic) bond motifs is 1. The summed E-state index contributed by atoms with van der Waals surface area (Å²) >= 11 is 6.09. The van der Waals surface area contributed by atoms with Crippen molar-refractivity contribution in [1.82, 2.24) is 10.3 Å². The summed E-state index contributed by atoms with van der Waals surface area (Å²) < 4.78 is 5.14. The molecule has 29 heavy (non-hydrogen) atoms. The van der Waals surface area contributed by atoms with Gasteiger partial charge in [-0.05, 0) is 56.0 Å². The van der Waals surface area contributed by atoms with E-state index in [9.17, 15) is 5.11 Å². The molecule has 0 atom stereocenters. The lowest BCUT2D eigenvalue weighted by Gasteiger charge is -2.30. The van der Waals surface area contributed by atoms with E-state index in [0.717, 1.165) is 47.8 Å². The minimum Gasteiger partial charge on any atom is -0.507 e. The molecule has 3 N–H and O–H groups in total. The van der Waals surface area contributed by atoms with Crippen molar-refractivity contribution in [2.24, 2.45) is 0 Å². The Morgan fingerprint density at radius 1 is 1.07 bits per heavy atom. The number of ether oxygens (including phenoxy) is 1. The van der Waals surface area contributed by atoms with E-state index in [2.05, 4.69) is 15.6 Å². The van der Waals surface area contributed by atoms with Crippen molar-refractivity contribution in [2.75, 3.05) is 12.4 Å². The second-order valence-corrected chi connectivity index (χ2v) is 8.02. The fraction of sp³-hybridized carbons (Fsp3) is 0.348. The van der Waals surface area contributed by atoms with Crippen LogP contribution in [0.1, 0.15) is 31.2 Å². The van der Waals surface area contributed by atoms with Crippen LogP contribution in [0.4, 0.5) is 5.69 Å². The highest BCUT2D eigenvalue weighted by Crippen LogP contribution is 2.29. The van der Waals surface area contributed by atoms with E-state index in [1.807, 2.05) is 42.6 Å². The number of benzene rings is 2. The SMILES string of the molecule is COc1ccc(CN[C@H]2CC[C@@H](Nc3ccnc4cc(Cl)ccc34)CC2)c(O)c1. The molecule has 3 aromatic rings. The van der Waals surface area contributed by atoms with Gasteiger partial charge in [-0.1, -0.05) is 17.7 Å². The summed E-state index contributed by atoms with van der Waals surface area (Å²) in [5.41, 5.74) is 2.93. The van der Waals surface area contributed by atoms with E-state index in [-0.39, 0.29) is 5.75 Å². The zero-order valence-corrected chi connectivity index (χ0v) is 17.2. The van der Waals surface area contributed by atoms with Crippen molar-refractivity contribution in [3.63, 3.8) is 0 Å². The number of halogens is 1. The smallest absolute Gasteiger partial charge is 0.123 e. The van der Waals surface area contributed by atoms with Crippen LogP contribution in [0.25, 0.3) is 10.9 Å². The number of phenolic OH excluding ortho intramolecular Hbond substituents is 1. The number of hydrogen-bond acceptors (Lipinski definition) is 5. The monoisotopic (exact) mass is 411 g/mol. The van der Waals surface area contributed by atoms with Crippen LogP contribution in [0.3, 0.4) is 0 Å². The number of phenols is 1. The molecule has 0 aliphatic heterocycles. The fourth-order valence-electron chi connectivity index (χ4n) is 3.98. The van der Waals surface area contributed by atoms with Crippen molar-refractivity contribution in [2.45, 2.75) is 44.3 Å². The fourth-order valence-corrected chi connectivity index (χ4v) is 4.15. The number of nitrogens with one attached hydrogen (secondary N) is 2. The van der Waals surface area contributed by atoms with Crippen molar-refractivity contribution in [3.05, 3.63) is 59.2 Å². The molecule has 0 spiro atoms. The van der Waals surface area contributed by atoms with Gasteiger partial charge in [0.05, 0.1) is 12.6 Å². The molecule has 0 saturated heterocycles. The van der Waals surface area contributed by atoms with E-state index in [1.54, 1.807) is 13.2 Å². The van der Waals surface area contributed by atoms with Gasteiger partial charge in [-0.2, -0.15) is 0 Å². The summed E-state index contributed by atoms with van der Waals surface area (Å²) in [6, 6.07) is 14.2. The van der Waals surface area contributed by atoms with Crippen molar-refractivity contribution >= 4 is 28.2 Å². The predicted molar refractivity (Wildman–Crippen MR) is 118 cm³/mol. The summed E-state index contributed by atoms with van der Waals surface area (Å²) in [5.74, 6) is 0.945. The molecule has 1 aliphatic rings. The molecule has 0 bridgehead atoms. The van der Waals surface area contributed by atoms with Gasteiger partial charge in [0.2, 0.25) is 0 Å². The van der Waals surface area contributed by atoms with Crippen LogP contribution in [-0.2, 0) is 6.54 Å². The molecule has 2 aromatic carbocycles. The van der Waals surface area contributed by atoms with E-state index in [1.165, 1.54) is 0 Å². The third kappa shape index (κ3) is 4.74. The van der Waals surface area contributed by atoms with Crippen molar-refractivity contribution in [3.8, 4) is 11.5 Å². The van der Waals surface area contributed by atoms with Crippen molar-refractivity contribution < 1.29 is 9.84 Å². The molecular weight excluding hydrogens is 386 g/mol. The Balaban J connectivity index is 1.31. The van der Waals surface area contributed by atoms with Gasteiger partial charge in [-0.3, -0.25) is 4.98 Å². The molecule has 1 aromatic heterocycles. The number of hydrogen-bond donors (Lipinski definition) is 3. The molecule has 1 saturated carbocycles. The first-order chi connectivity index (χ1) is 14.1. The van der Waals surface area contributed by atoms with Gasteiger partial charge >= 0.3 is 0 Å². The number of anilines is 1. The molecule has 152 valence electrons. The molecule has 1 fully saturated rings. The molecule has 0 amide bonds. The van der Waals surface area contributed by atoms with Crippen LogP contribution in [-0.4, -0.2) is 29.3 Å². The zero-order chi connectivity index (χ0) is 20.2. The summed E-state index contributed by atoms with van der Waals surface area (Å²) in [7, 11) is 1.60. The van der Waals surface area contributed by atoms with Crippen LogP contribution in [0.2, 0.25) is 5.02 Å². The lowest BCUT2D eigenvalue weighted by Crippen LogP contribution is -2.36. The Morgan fingerprint density at radius 3 is 2.62 bits per heavy atom. The van der Waals surface area contributed by atoms with Crippen LogP contribution < -0.4 is 15.4 Å². The lowest BCUT2D eigenvalue weighted by molar-refractivity contribution is 0.350. The highest BCUT2D eigenvalue weighted by Gasteiger charge is 2.21. The lowest BCUT2D eigenvalue weighted by atomic mass is 9.90. The maximum atomic E-state index is 10.1. The quantitative estimate of drug-likeness (QED) is 0.525. The molecule has 1 aliphatic carbocycles. The normalized spacial score (nSPS) is 19.2. The van der Waals surface area contributed by atoms with Gasteiger partial charge in [-0.15, -0.1) is 0 Å². The third-order valence-electron chi connectivity index (χ3n) is 5.67. The van der Waals surface area contributed by atoms with Crippen molar-refractivity contribution in [1.29, 1.82) is 0 Å². The summed E-state index contributed by atoms with van der Waals surface area (Å²) in [4.78, 5) is 4.42. The number of rotatable bonds is 6. The second kappa shape index (κ2) is 8.89. The Morgan fingerprint density at radius 2 is 1.86 bits per heavy atom. The maximum absolute atomic E-state index is 10.1. The molecule has 5 nitrogen and oxygen atoms in total. The van der Waals surface area contributed by atoms with Crippen LogP contribution in [0.5, 0.6) is 11.5 Å². The van der Waals surface area contributed by atoms with Crippen LogP contribution >= 0.6 is 11.6 Å². The summed E-state index contributed by atoms with van der Waals surface area (Å²) in [5, 5.41) is 19.2. The van der Waals surface area contributed by atoms with Crippen LogP contribution in [0, 0.1) is 0 Å². The summed E-state index contributed by atoms with van der Waals surface area (Å²) in [6.07, 6.45) is 6.23. The molecular formula is C23H26ClN3O2. The Hall–Kier alpha value is -2.50. The average Bonchev–Trinajstić information content (AvgIpc) is 2.74. The number of methoxy groups -OCH3 is 1. The predicted octanol–water partition coefficient (Wildman–Crippen LogP) is 5.12. The standard InChI is InChI=1S/C23H26ClN3O2/c1-29-19-8-2-15(23(28)13-19)14-26-17-4-6-18(7-5-17)27-21-10-11-25-22-12-16(24)3-9-20(21)22/h2-3,8-13,17-18,26,28H,4-7,14H2,1H3,(H,25,27)/t17-,18+. The van der Waals surface area contributed by atoms with E-state index < -0.39 is 0 Å². The van der Waals surface area contributed by atoms with Gasteiger partial charge in [0.15, 0.2) is 0 Å². The largest absolute Gasteiger partial charge is 0.507 e. The first-order valence-electron chi connectivity index (χ1n) is 10.0. The number of nitrogens with zero attached hydrogens (tertiary/aromatic N) is 1. The summed E-state index contributed by atoms with van der Waals surface area (Å²) in [6.45, 7) is 0.661. The maximum Gasteiger partial charge on any atom is 0.123 e. The molecule has 6 heteroatoms. The minimum absolute atomic E-state index is 0.275. The number of aromatic nitrogens is 1. The third-order valence-corrected chi connectivity index (χ3v) is 5.90. The average molecular weight is 412 g/mol. The molecule has 4 rings (SSSR count). The number of aromatic hydroxyl groups is 1. The minimum atomic E-state index is 0.275. The first kappa shape index (κ1) is 19.8. The van der Waals surface area contributed by atoms with Gasteiger partial charge < -0.3 is 20.5 Å². The Bertz CT molecular complexity index is 987. The van der Waals surface area contributed by atoms with Crippen LogP contribution in [0.15, 0.2) is 48.7 Å².